The molecular formula is C26H25NO5. The van der Waals surface area contributed by atoms with E-state index in [1.807, 2.05) is 54.6 Å². The third-order valence-electron chi connectivity index (χ3n) is 5.42. The summed E-state index contributed by atoms with van der Waals surface area (Å²) in [5.41, 5.74) is 2.63. The van der Waals surface area contributed by atoms with Gasteiger partial charge in [0.05, 0.1) is 42.2 Å². The van der Waals surface area contributed by atoms with Crippen molar-refractivity contribution in [3.05, 3.63) is 89.0 Å². The number of nitrogens with one attached hydrogen (secondary N) is 1. The van der Waals surface area contributed by atoms with E-state index in [-0.39, 0.29) is 13.2 Å². The van der Waals surface area contributed by atoms with Crippen LogP contribution in [0.3, 0.4) is 0 Å². The van der Waals surface area contributed by atoms with E-state index >= 15 is 0 Å². The van der Waals surface area contributed by atoms with Gasteiger partial charge in [-0.05, 0) is 26.3 Å². The van der Waals surface area contributed by atoms with Crippen molar-refractivity contribution < 1.29 is 23.5 Å². The molecule has 2 aromatic carbocycles. The van der Waals surface area contributed by atoms with Gasteiger partial charge in [-0.2, -0.15) is 0 Å². The summed E-state index contributed by atoms with van der Waals surface area (Å²) < 4.78 is 16.8. The fourth-order valence-electron chi connectivity index (χ4n) is 4.07. The predicted octanol–water partition coefficient (Wildman–Crippen LogP) is 4.93. The maximum atomic E-state index is 13.3. The number of fused-ring (bicyclic) bond motifs is 1. The number of esters is 2. The van der Waals surface area contributed by atoms with Crippen LogP contribution in [0.25, 0.3) is 16.5 Å². The lowest BCUT2D eigenvalue weighted by atomic mass is 9.81. The van der Waals surface area contributed by atoms with Crippen LogP contribution >= 0.6 is 0 Å². The van der Waals surface area contributed by atoms with E-state index in [9.17, 15) is 9.59 Å². The van der Waals surface area contributed by atoms with Gasteiger partial charge >= 0.3 is 11.9 Å². The summed E-state index contributed by atoms with van der Waals surface area (Å²) in [7, 11) is 0. The van der Waals surface area contributed by atoms with Crippen molar-refractivity contribution in [3.8, 4) is 0 Å². The smallest absolute Gasteiger partial charge is 0.337 e. The summed E-state index contributed by atoms with van der Waals surface area (Å²) in [5, 5.41) is 4.97. The molecule has 1 N–H and O–H groups in total. The van der Waals surface area contributed by atoms with Gasteiger partial charge in [-0.15, -0.1) is 0 Å². The zero-order valence-electron chi connectivity index (χ0n) is 18.3. The summed E-state index contributed by atoms with van der Waals surface area (Å²) in [4.78, 5) is 26.4. The molecule has 6 heteroatoms. The first-order valence-electron chi connectivity index (χ1n) is 10.6. The van der Waals surface area contributed by atoms with Gasteiger partial charge < -0.3 is 19.2 Å². The molecule has 0 saturated heterocycles. The Labute approximate surface area is 186 Å². The molecule has 0 amide bonds. The van der Waals surface area contributed by atoms with Crippen molar-refractivity contribution >= 4 is 28.4 Å². The molecule has 6 nitrogen and oxygen atoms in total. The lowest BCUT2D eigenvalue weighted by Crippen LogP contribution is -2.32. The molecule has 1 aliphatic rings. The van der Waals surface area contributed by atoms with E-state index in [4.69, 9.17) is 13.9 Å². The SMILES string of the molecule is CCOC(=O)C1=C(C)NC(c2ccccc2)=C(C(=O)OCC)C1c1occ2ccccc12. The van der Waals surface area contributed by atoms with Gasteiger partial charge in [0.25, 0.3) is 0 Å². The quantitative estimate of drug-likeness (QED) is 0.558. The third kappa shape index (κ3) is 3.80. The Morgan fingerprint density at radius 1 is 0.906 bits per heavy atom. The average Bonchev–Trinajstić information content (AvgIpc) is 3.23. The summed E-state index contributed by atoms with van der Waals surface area (Å²) in [6.07, 6.45) is 1.63. The highest BCUT2D eigenvalue weighted by Gasteiger charge is 2.41. The maximum Gasteiger partial charge on any atom is 0.337 e. The Balaban J connectivity index is 2.02. The molecule has 32 heavy (non-hydrogen) atoms. The number of benzene rings is 2. The molecule has 0 saturated carbocycles. The van der Waals surface area contributed by atoms with Crippen LogP contribution in [0.5, 0.6) is 0 Å². The van der Waals surface area contributed by atoms with E-state index in [0.29, 0.717) is 28.3 Å². The highest BCUT2D eigenvalue weighted by atomic mass is 16.5. The monoisotopic (exact) mass is 431 g/mol. The van der Waals surface area contributed by atoms with E-state index in [0.717, 1.165) is 16.3 Å². The number of allylic oxidation sites excluding steroid dienone is 1. The number of furan rings is 1. The van der Waals surface area contributed by atoms with Crippen LogP contribution in [0.4, 0.5) is 0 Å². The first-order valence-corrected chi connectivity index (χ1v) is 10.6. The summed E-state index contributed by atoms with van der Waals surface area (Å²) in [6, 6.07) is 17.1. The minimum atomic E-state index is -0.788. The zero-order chi connectivity index (χ0) is 22.7. The molecule has 164 valence electrons. The van der Waals surface area contributed by atoms with Crippen LogP contribution in [0.15, 0.2) is 82.1 Å². The summed E-state index contributed by atoms with van der Waals surface area (Å²) in [5.74, 6) is -1.30. The standard InChI is InChI=1S/C26H25NO5/c1-4-30-25(28)20-16(3)27-23(17-11-7-6-8-12-17)22(26(29)31-5-2)21(20)24-19-14-10-9-13-18(19)15-32-24/h6-15,21,27H,4-5H2,1-3H3. The Kier molecular flexibility index (Phi) is 6.12. The van der Waals surface area contributed by atoms with Crippen molar-refractivity contribution in [2.24, 2.45) is 0 Å². The second-order valence-electron chi connectivity index (χ2n) is 7.38. The molecule has 1 aromatic heterocycles. The Morgan fingerprint density at radius 3 is 2.22 bits per heavy atom. The molecule has 1 atom stereocenters. The molecule has 0 bridgehead atoms. The van der Waals surface area contributed by atoms with Gasteiger partial charge in [0.2, 0.25) is 0 Å². The van der Waals surface area contributed by atoms with E-state index < -0.39 is 17.9 Å². The van der Waals surface area contributed by atoms with Crippen LogP contribution in [-0.2, 0) is 19.1 Å². The summed E-state index contributed by atoms with van der Waals surface area (Å²) in [6.45, 7) is 5.72. The Morgan fingerprint density at radius 2 is 1.53 bits per heavy atom. The average molecular weight is 431 g/mol. The van der Waals surface area contributed by atoms with E-state index in [1.165, 1.54) is 0 Å². The first-order chi connectivity index (χ1) is 15.6. The Bertz CT molecular complexity index is 1220. The van der Waals surface area contributed by atoms with Crippen molar-refractivity contribution in [2.45, 2.75) is 26.7 Å². The van der Waals surface area contributed by atoms with Crippen LogP contribution in [-0.4, -0.2) is 25.2 Å². The fourth-order valence-corrected chi connectivity index (χ4v) is 4.07. The minimum Gasteiger partial charge on any atom is -0.467 e. The molecule has 1 aliphatic heterocycles. The lowest BCUT2D eigenvalue weighted by Gasteiger charge is -2.30. The number of ether oxygens (including phenoxy) is 2. The first kappa shape index (κ1) is 21.4. The van der Waals surface area contributed by atoms with Gasteiger partial charge in [-0.25, -0.2) is 9.59 Å². The number of carbonyl (C=O) groups is 2. The molecule has 1 unspecified atom stereocenters. The number of rotatable bonds is 6. The van der Waals surface area contributed by atoms with Crippen molar-refractivity contribution in [3.63, 3.8) is 0 Å². The van der Waals surface area contributed by atoms with E-state index in [2.05, 4.69) is 5.32 Å². The van der Waals surface area contributed by atoms with Gasteiger partial charge in [0, 0.05) is 16.5 Å². The second kappa shape index (κ2) is 9.14. The molecular weight excluding hydrogens is 406 g/mol. The van der Waals surface area contributed by atoms with Gasteiger partial charge in [-0.1, -0.05) is 54.6 Å². The van der Waals surface area contributed by atoms with Crippen molar-refractivity contribution in [1.82, 2.24) is 5.32 Å². The summed E-state index contributed by atoms with van der Waals surface area (Å²) >= 11 is 0. The van der Waals surface area contributed by atoms with Crippen molar-refractivity contribution in [2.75, 3.05) is 13.2 Å². The van der Waals surface area contributed by atoms with Crippen LogP contribution < -0.4 is 5.32 Å². The fraction of sp³-hybridized carbons (Fsp3) is 0.231. The highest BCUT2D eigenvalue weighted by Crippen LogP contribution is 2.44. The number of hydrogen-bond donors (Lipinski definition) is 1. The maximum absolute atomic E-state index is 13.3. The molecule has 4 rings (SSSR count). The van der Waals surface area contributed by atoms with Gasteiger partial charge in [-0.3, -0.25) is 0 Å². The highest BCUT2D eigenvalue weighted by molar-refractivity contribution is 6.06. The molecule has 0 spiro atoms. The molecule has 0 radical (unpaired) electrons. The number of hydrogen-bond acceptors (Lipinski definition) is 6. The second-order valence-corrected chi connectivity index (χ2v) is 7.38. The van der Waals surface area contributed by atoms with Gasteiger partial charge in [0.15, 0.2) is 0 Å². The molecule has 3 aromatic rings. The van der Waals surface area contributed by atoms with Crippen LogP contribution in [0.2, 0.25) is 0 Å². The van der Waals surface area contributed by atoms with Crippen LogP contribution in [0.1, 0.15) is 38.0 Å². The predicted molar refractivity (Wildman–Crippen MR) is 121 cm³/mol. The number of dihydropyridines is 1. The largest absolute Gasteiger partial charge is 0.467 e. The Hall–Kier alpha value is -3.80. The molecule has 2 heterocycles. The zero-order valence-corrected chi connectivity index (χ0v) is 18.3. The minimum absolute atomic E-state index is 0.202. The van der Waals surface area contributed by atoms with Gasteiger partial charge in [0.1, 0.15) is 5.76 Å². The normalized spacial score (nSPS) is 16.2. The third-order valence-corrected chi connectivity index (χ3v) is 5.42. The number of carbonyl (C=O) groups excluding carboxylic acids is 2. The molecule has 0 fully saturated rings. The van der Waals surface area contributed by atoms with E-state index in [1.54, 1.807) is 27.0 Å². The molecule has 0 aliphatic carbocycles. The topological polar surface area (TPSA) is 77.8 Å². The van der Waals surface area contributed by atoms with Crippen LogP contribution in [0, 0.1) is 0 Å². The van der Waals surface area contributed by atoms with Crippen molar-refractivity contribution in [1.29, 1.82) is 0 Å². The lowest BCUT2D eigenvalue weighted by molar-refractivity contribution is -0.139.